The van der Waals surface area contributed by atoms with Crippen LogP contribution in [-0.2, 0) is 11.2 Å². The van der Waals surface area contributed by atoms with Gasteiger partial charge in [-0.05, 0) is 35.2 Å². The van der Waals surface area contributed by atoms with Crippen molar-refractivity contribution in [3.8, 4) is 16.9 Å². The zero-order valence-corrected chi connectivity index (χ0v) is 14.6. The van der Waals surface area contributed by atoms with E-state index in [2.05, 4.69) is 42.2 Å². The molecule has 0 unspecified atom stereocenters. The smallest absolute Gasteiger partial charge is 0.240 e. The molecular formula is C21H24N2O2. The van der Waals surface area contributed by atoms with Gasteiger partial charge in [-0.2, -0.15) is 0 Å². The lowest BCUT2D eigenvalue weighted by molar-refractivity contribution is -0.135. The van der Waals surface area contributed by atoms with E-state index in [1.54, 1.807) is 13.2 Å². The molecule has 1 atom stereocenters. The lowest BCUT2D eigenvalue weighted by Gasteiger charge is -2.32. The fourth-order valence-electron chi connectivity index (χ4n) is 3.16. The van der Waals surface area contributed by atoms with Crippen molar-refractivity contribution in [2.24, 2.45) is 0 Å². The quantitative estimate of drug-likeness (QED) is 0.825. The molecule has 2 aromatic rings. The topological polar surface area (TPSA) is 41.6 Å². The van der Waals surface area contributed by atoms with Crippen LogP contribution in [0.3, 0.4) is 0 Å². The summed E-state index contributed by atoms with van der Waals surface area (Å²) in [6.45, 7) is 5.91. The highest BCUT2D eigenvalue weighted by Crippen LogP contribution is 2.24. The standard InChI is InChI=1S/C21H24N2O2/c1-3-12-23-13-11-22-20(21(23)24)14-16-7-9-17(10-8-16)18-5-4-6-19(15-18)25-2/h3-10,15,20,22H,1,11-14H2,2H3/t20-/m0/s1. The first-order valence-electron chi connectivity index (χ1n) is 8.57. The minimum Gasteiger partial charge on any atom is -0.497 e. The van der Waals surface area contributed by atoms with Gasteiger partial charge < -0.3 is 15.0 Å². The maximum Gasteiger partial charge on any atom is 0.240 e. The van der Waals surface area contributed by atoms with Crippen LogP contribution in [0.15, 0.2) is 61.2 Å². The summed E-state index contributed by atoms with van der Waals surface area (Å²) in [5.41, 5.74) is 3.41. The largest absolute Gasteiger partial charge is 0.497 e. The van der Waals surface area contributed by atoms with Gasteiger partial charge in [0.25, 0.3) is 0 Å². The van der Waals surface area contributed by atoms with Gasteiger partial charge in [0.2, 0.25) is 5.91 Å². The zero-order chi connectivity index (χ0) is 17.6. The molecule has 25 heavy (non-hydrogen) atoms. The van der Waals surface area contributed by atoms with Crippen LogP contribution in [0.4, 0.5) is 0 Å². The first-order valence-corrected chi connectivity index (χ1v) is 8.57. The molecule has 1 heterocycles. The second kappa shape index (κ2) is 7.99. The van der Waals surface area contributed by atoms with E-state index in [9.17, 15) is 4.79 Å². The fourth-order valence-corrected chi connectivity index (χ4v) is 3.16. The first kappa shape index (κ1) is 17.2. The number of nitrogens with zero attached hydrogens (tertiary/aromatic N) is 1. The van der Waals surface area contributed by atoms with E-state index in [4.69, 9.17) is 4.74 Å². The van der Waals surface area contributed by atoms with E-state index in [0.29, 0.717) is 13.0 Å². The number of nitrogens with one attached hydrogen (secondary N) is 1. The Kier molecular flexibility index (Phi) is 5.51. The number of benzene rings is 2. The molecule has 3 rings (SSSR count). The average Bonchev–Trinajstić information content (AvgIpc) is 2.66. The number of rotatable bonds is 6. The summed E-state index contributed by atoms with van der Waals surface area (Å²) in [6.07, 6.45) is 2.48. The number of piperazine rings is 1. The van der Waals surface area contributed by atoms with Gasteiger partial charge in [0.05, 0.1) is 13.2 Å². The minimum atomic E-state index is -0.156. The molecule has 4 heteroatoms. The fraction of sp³-hybridized carbons (Fsp3) is 0.286. The molecule has 1 fully saturated rings. The predicted octanol–water partition coefficient (Wildman–Crippen LogP) is 2.89. The van der Waals surface area contributed by atoms with Crippen LogP contribution in [0, 0.1) is 0 Å². The van der Waals surface area contributed by atoms with E-state index in [1.165, 1.54) is 0 Å². The SMILES string of the molecule is C=CCN1CCN[C@@H](Cc2ccc(-c3cccc(OC)c3)cc2)C1=O. The highest BCUT2D eigenvalue weighted by Gasteiger charge is 2.27. The zero-order valence-electron chi connectivity index (χ0n) is 14.6. The number of carbonyl (C=O) groups is 1. The molecule has 0 spiro atoms. The Morgan fingerprint density at radius 1 is 1.24 bits per heavy atom. The van der Waals surface area contributed by atoms with Crippen LogP contribution in [0.5, 0.6) is 5.75 Å². The summed E-state index contributed by atoms with van der Waals surface area (Å²) in [5, 5.41) is 3.33. The highest BCUT2D eigenvalue weighted by atomic mass is 16.5. The van der Waals surface area contributed by atoms with Crippen molar-refractivity contribution in [2.75, 3.05) is 26.7 Å². The third-order valence-corrected chi connectivity index (χ3v) is 4.53. The summed E-state index contributed by atoms with van der Waals surface area (Å²) >= 11 is 0. The molecular weight excluding hydrogens is 312 g/mol. The lowest BCUT2D eigenvalue weighted by Crippen LogP contribution is -2.55. The van der Waals surface area contributed by atoms with E-state index in [1.807, 2.05) is 23.1 Å². The van der Waals surface area contributed by atoms with Crippen LogP contribution >= 0.6 is 0 Å². The number of ether oxygens (including phenoxy) is 1. The van der Waals surface area contributed by atoms with E-state index in [-0.39, 0.29) is 11.9 Å². The maximum atomic E-state index is 12.5. The summed E-state index contributed by atoms with van der Waals surface area (Å²) in [5.74, 6) is 1.00. The van der Waals surface area contributed by atoms with E-state index < -0.39 is 0 Å². The summed E-state index contributed by atoms with van der Waals surface area (Å²) < 4.78 is 5.28. The van der Waals surface area contributed by atoms with Crippen molar-refractivity contribution in [3.05, 3.63) is 66.7 Å². The molecule has 1 saturated heterocycles. The molecule has 0 saturated carbocycles. The number of amides is 1. The van der Waals surface area contributed by atoms with Crippen LogP contribution in [0.2, 0.25) is 0 Å². The monoisotopic (exact) mass is 336 g/mol. The number of hydrogen-bond donors (Lipinski definition) is 1. The number of carbonyl (C=O) groups excluding carboxylic acids is 1. The van der Waals surface area contributed by atoms with Crippen LogP contribution in [0.25, 0.3) is 11.1 Å². The van der Waals surface area contributed by atoms with Crippen LogP contribution in [-0.4, -0.2) is 43.6 Å². The van der Waals surface area contributed by atoms with Crippen molar-refractivity contribution in [3.63, 3.8) is 0 Å². The molecule has 1 N–H and O–H groups in total. The van der Waals surface area contributed by atoms with E-state index in [0.717, 1.165) is 35.5 Å². The molecule has 2 aromatic carbocycles. The molecule has 0 radical (unpaired) electrons. The van der Waals surface area contributed by atoms with Gasteiger partial charge in [0.1, 0.15) is 5.75 Å². The highest BCUT2D eigenvalue weighted by molar-refractivity contribution is 5.83. The molecule has 0 aliphatic carbocycles. The summed E-state index contributed by atoms with van der Waals surface area (Å²) in [4.78, 5) is 14.3. The third kappa shape index (κ3) is 4.09. The van der Waals surface area contributed by atoms with Crippen molar-refractivity contribution in [1.82, 2.24) is 10.2 Å². The van der Waals surface area contributed by atoms with Crippen molar-refractivity contribution < 1.29 is 9.53 Å². The molecule has 4 nitrogen and oxygen atoms in total. The van der Waals surface area contributed by atoms with Crippen LogP contribution in [0.1, 0.15) is 5.56 Å². The van der Waals surface area contributed by atoms with Crippen molar-refractivity contribution >= 4 is 5.91 Å². The first-order chi connectivity index (χ1) is 12.2. The maximum absolute atomic E-state index is 12.5. The summed E-state index contributed by atoms with van der Waals surface area (Å²) in [6, 6.07) is 16.2. The Morgan fingerprint density at radius 2 is 2.04 bits per heavy atom. The Hall–Kier alpha value is -2.59. The summed E-state index contributed by atoms with van der Waals surface area (Å²) in [7, 11) is 1.67. The van der Waals surface area contributed by atoms with Gasteiger partial charge in [-0.3, -0.25) is 4.79 Å². The molecule has 1 aliphatic rings. The Morgan fingerprint density at radius 3 is 2.76 bits per heavy atom. The van der Waals surface area contributed by atoms with Gasteiger partial charge in [-0.15, -0.1) is 6.58 Å². The number of hydrogen-bond acceptors (Lipinski definition) is 3. The predicted molar refractivity (Wildman–Crippen MR) is 101 cm³/mol. The van der Waals surface area contributed by atoms with Gasteiger partial charge in [-0.25, -0.2) is 0 Å². The molecule has 0 bridgehead atoms. The van der Waals surface area contributed by atoms with Crippen molar-refractivity contribution in [1.29, 1.82) is 0 Å². The molecule has 1 aliphatic heterocycles. The van der Waals surface area contributed by atoms with Crippen LogP contribution < -0.4 is 10.1 Å². The van der Waals surface area contributed by atoms with Gasteiger partial charge in [0, 0.05) is 19.6 Å². The molecule has 130 valence electrons. The van der Waals surface area contributed by atoms with Gasteiger partial charge in [0.15, 0.2) is 0 Å². The lowest BCUT2D eigenvalue weighted by atomic mass is 9.99. The Bertz CT molecular complexity index is 740. The second-order valence-electron chi connectivity index (χ2n) is 6.21. The average molecular weight is 336 g/mol. The second-order valence-corrected chi connectivity index (χ2v) is 6.21. The minimum absolute atomic E-state index is 0.156. The number of methoxy groups -OCH3 is 1. The Labute approximate surface area is 149 Å². The van der Waals surface area contributed by atoms with Crippen molar-refractivity contribution in [2.45, 2.75) is 12.5 Å². The van der Waals surface area contributed by atoms with Gasteiger partial charge in [-0.1, -0.05) is 42.5 Å². The van der Waals surface area contributed by atoms with Gasteiger partial charge >= 0.3 is 0 Å². The normalized spacial score (nSPS) is 17.4. The molecule has 1 amide bonds. The Balaban J connectivity index is 1.70. The third-order valence-electron chi connectivity index (χ3n) is 4.53. The molecule has 0 aromatic heterocycles. The van der Waals surface area contributed by atoms with E-state index >= 15 is 0 Å².